The van der Waals surface area contributed by atoms with Gasteiger partial charge in [-0.15, -0.1) is 0 Å². The smallest absolute Gasteiger partial charge is 0.407 e. The molecule has 1 amide bonds. The van der Waals surface area contributed by atoms with Gasteiger partial charge in [-0.1, -0.05) is 36.4 Å². The predicted octanol–water partition coefficient (Wildman–Crippen LogP) is 4.15. The first-order valence-electron chi connectivity index (χ1n) is 9.84. The number of carbonyl (C=O) groups is 1. The van der Waals surface area contributed by atoms with Crippen LogP contribution in [0.2, 0.25) is 0 Å². The van der Waals surface area contributed by atoms with Gasteiger partial charge >= 0.3 is 6.09 Å². The quantitative estimate of drug-likeness (QED) is 0.835. The Hall–Kier alpha value is -2.83. The van der Waals surface area contributed by atoms with Crippen LogP contribution in [-0.4, -0.2) is 37.8 Å². The first kappa shape index (κ1) is 19.5. The van der Waals surface area contributed by atoms with Crippen LogP contribution in [-0.2, 0) is 17.8 Å². The molecule has 1 N–H and O–H groups in total. The Balaban J connectivity index is 1.30. The number of hydrogen-bond acceptors (Lipinski definition) is 4. The van der Waals surface area contributed by atoms with Gasteiger partial charge in [0.05, 0.1) is 6.04 Å². The molecule has 7 heteroatoms. The molecule has 1 saturated heterocycles. The molecule has 5 nitrogen and oxygen atoms in total. The van der Waals surface area contributed by atoms with E-state index in [0.29, 0.717) is 26.1 Å². The number of ether oxygens (including phenoxy) is 2. The normalized spacial score (nSPS) is 20.3. The van der Waals surface area contributed by atoms with Crippen molar-refractivity contribution >= 4 is 11.8 Å². The van der Waals surface area contributed by atoms with Crippen LogP contribution in [0.3, 0.4) is 0 Å². The van der Waals surface area contributed by atoms with Crippen molar-refractivity contribution in [1.82, 2.24) is 5.32 Å². The van der Waals surface area contributed by atoms with E-state index >= 15 is 0 Å². The van der Waals surface area contributed by atoms with Crippen molar-refractivity contribution in [3.05, 3.63) is 59.7 Å². The average Bonchev–Trinajstić information content (AvgIpc) is 2.73. The largest absolute Gasteiger partial charge is 0.491 e. The molecule has 2 heterocycles. The lowest BCUT2D eigenvalue weighted by Gasteiger charge is -2.34. The summed E-state index contributed by atoms with van der Waals surface area (Å²) < 4.78 is 37.8. The third-order valence-corrected chi connectivity index (χ3v) is 5.35. The number of hydrogen-bond donors (Lipinski definition) is 1. The van der Waals surface area contributed by atoms with Crippen LogP contribution in [0.1, 0.15) is 24.0 Å². The van der Waals surface area contributed by atoms with E-state index in [1.807, 2.05) is 53.4 Å². The number of anilines is 1. The van der Waals surface area contributed by atoms with Crippen molar-refractivity contribution in [3.63, 3.8) is 0 Å². The molecule has 154 valence electrons. The molecule has 0 aromatic heterocycles. The Kier molecular flexibility index (Phi) is 5.56. The molecular formula is C22H24F2N2O3. The third kappa shape index (κ3) is 4.96. The first-order chi connectivity index (χ1) is 14.0. The molecular weight excluding hydrogens is 378 g/mol. The maximum absolute atomic E-state index is 13.4. The van der Waals surface area contributed by atoms with E-state index in [9.17, 15) is 13.6 Å². The molecule has 2 aliphatic rings. The molecule has 1 atom stereocenters. The number of halogens is 2. The van der Waals surface area contributed by atoms with Crippen LogP contribution in [0, 0.1) is 0 Å². The van der Waals surface area contributed by atoms with Crippen molar-refractivity contribution in [1.29, 1.82) is 0 Å². The number of fused-ring (bicyclic) bond motifs is 1. The van der Waals surface area contributed by atoms with E-state index in [4.69, 9.17) is 9.47 Å². The number of alkyl carbamates (subject to hydrolysis) is 1. The lowest BCUT2D eigenvalue weighted by atomic mass is 10.0. The lowest BCUT2D eigenvalue weighted by molar-refractivity contribution is -0.0220. The zero-order valence-electron chi connectivity index (χ0n) is 16.1. The fraction of sp³-hybridized carbons (Fsp3) is 0.409. The van der Waals surface area contributed by atoms with Crippen molar-refractivity contribution in [2.75, 3.05) is 24.6 Å². The molecule has 29 heavy (non-hydrogen) atoms. The molecule has 0 unspecified atom stereocenters. The van der Waals surface area contributed by atoms with E-state index in [1.54, 1.807) is 0 Å². The minimum Gasteiger partial charge on any atom is -0.491 e. The molecule has 0 bridgehead atoms. The van der Waals surface area contributed by atoms with Gasteiger partial charge in [0.15, 0.2) is 0 Å². The highest BCUT2D eigenvalue weighted by Gasteiger charge is 2.34. The summed E-state index contributed by atoms with van der Waals surface area (Å²) >= 11 is 0. The molecule has 0 aliphatic carbocycles. The number of nitrogens with zero attached hydrogens (tertiary/aromatic N) is 1. The van der Waals surface area contributed by atoms with Crippen molar-refractivity contribution in [3.8, 4) is 5.75 Å². The van der Waals surface area contributed by atoms with Crippen LogP contribution in [0.5, 0.6) is 5.75 Å². The van der Waals surface area contributed by atoms with Gasteiger partial charge < -0.3 is 19.7 Å². The predicted molar refractivity (Wildman–Crippen MR) is 106 cm³/mol. The highest BCUT2D eigenvalue weighted by Crippen LogP contribution is 2.34. The molecule has 4 rings (SSSR count). The van der Waals surface area contributed by atoms with Crippen molar-refractivity contribution in [2.45, 2.75) is 37.8 Å². The molecule has 2 aliphatic heterocycles. The third-order valence-electron chi connectivity index (χ3n) is 5.35. The first-order valence-corrected chi connectivity index (χ1v) is 9.84. The molecule has 2 aromatic rings. The summed E-state index contributed by atoms with van der Waals surface area (Å²) in [7, 11) is 0. The topological polar surface area (TPSA) is 50.8 Å². The zero-order chi connectivity index (χ0) is 20.3. The number of piperidine rings is 1. The van der Waals surface area contributed by atoms with Crippen LogP contribution in [0.4, 0.5) is 19.3 Å². The van der Waals surface area contributed by atoms with Gasteiger partial charge in [-0.2, -0.15) is 0 Å². The van der Waals surface area contributed by atoms with Gasteiger partial charge in [0.2, 0.25) is 0 Å². The van der Waals surface area contributed by atoms with Gasteiger partial charge in [-0.3, -0.25) is 0 Å². The van der Waals surface area contributed by atoms with E-state index in [0.717, 1.165) is 22.6 Å². The number of rotatable bonds is 4. The summed E-state index contributed by atoms with van der Waals surface area (Å²) in [5.74, 6) is -1.81. The van der Waals surface area contributed by atoms with Gasteiger partial charge in [-0.05, 0) is 23.6 Å². The maximum Gasteiger partial charge on any atom is 0.407 e. The molecule has 0 saturated carbocycles. The Labute approximate surface area is 168 Å². The standard InChI is InChI=1S/C22H24F2N2O3/c23-22(24)8-10-26(11-9-22)19-7-6-17-12-18(15-28-20(17)13-19)25-21(27)29-14-16-4-2-1-3-5-16/h1-7,13,18H,8-12,14-15H2,(H,25,27)/t18-/m1/s1. The van der Waals surface area contributed by atoms with Crippen molar-refractivity contribution < 1.29 is 23.0 Å². The number of nitrogens with one attached hydrogen (secondary N) is 1. The lowest BCUT2D eigenvalue weighted by Crippen LogP contribution is -2.43. The Morgan fingerprint density at radius 2 is 1.93 bits per heavy atom. The Bertz CT molecular complexity index is 850. The average molecular weight is 402 g/mol. The van der Waals surface area contributed by atoms with E-state index < -0.39 is 12.0 Å². The minimum atomic E-state index is -2.56. The number of alkyl halides is 2. The van der Waals surface area contributed by atoms with Crippen LogP contribution in [0.25, 0.3) is 0 Å². The zero-order valence-corrected chi connectivity index (χ0v) is 16.1. The van der Waals surface area contributed by atoms with Gasteiger partial charge in [0.1, 0.15) is 19.0 Å². The fourth-order valence-corrected chi connectivity index (χ4v) is 3.67. The Morgan fingerprint density at radius 1 is 1.17 bits per heavy atom. The van der Waals surface area contributed by atoms with E-state index in [2.05, 4.69) is 5.32 Å². The van der Waals surface area contributed by atoms with Gasteiger partial charge in [0, 0.05) is 37.7 Å². The molecule has 0 radical (unpaired) electrons. The second kappa shape index (κ2) is 8.27. The molecule has 0 spiro atoms. The summed E-state index contributed by atoms with van der Waals surface area (Å²) in [5, 5.41) is 2.84. The summed E-state index contributed by atoms with van der Waals surface area (Å²) in [5.41, 5.74) is 2.81. The van der Waals surface area contributed by atoms with Gasteiger partial charge in [-0.25, -0.2) is 13.6 Å². The van der Waals surface area contributed by atoms with Crippen LogP contribution in [0.15, 0.2) is 48.5 Å². The number of amides is 1. The second-order valence-electron chi connectivity index (χ2n) is 7.55. The van der Waals surface area contributed by atoms with Crippen LogP contribution < -0.4 is 15.0 Å². The minimum absolute atomic E-state index is 0.123. The Morgan fingerprint density at radius 3 is 2.69 bits per heavy atom. The molecule has 1 fully saturated rings. The number of benzene rings is 2. The molecule has 2 aromatic carbocycles. The fourth-order valence-electron chi connectivity index (χ4n) is 3.67. The summed E-state index contributed by atoms with van der Waals surface area (Å²) in [6, 6.07) is 15.1. The summed E-state index contributed by atoms with van der Waals surface area (Å²) in [6.07, 6.45) is -0.0881. The summed E-state index contributed by atoms with van der Waals surface area (Å²) in [4.78, 5) is 14.0. The summed E-state index contributed by atoms with van der Waals surface area (Å²) in [6.45, 7) is 1.23. The number of carbonyl (C=O) groups excluding carboxylic acids is 1. The highest BCUT2D eigenvalue weighted by molar-refractivity contribution is 5.68. The monoisotopic (exact) mass is 402 g/mol. The maximum atomic E-state index is 13.4. The van der Waals surface area contributed by atoms with Crippen LogP contribution >= 0.6 is 0 Å². The van der Waals surface area contributed by atoms with E-state index in [1.165, 1.54) is 0 Å². The SMILES string of the molecule is O=C(N[C@H]1COc2cc(N3CCC(F)(F)CC3)ccc2C1)OCc1ccccc1. The highest BCUT2D eigenvalue weighted by atomic mass is 19.3. The van der Waals surface area contributed by atoms with Gasteiger partial charge in [0.25, 0.3) is 5.92 Å². The van der Waals surface area contributed by atoms with E-state index in [-0.39, 0.29) is 25.5 Å². The second-order valence-corrected chi connectivity index (χ2v) is 7.55. The van der Waals surface area contributed by atoms with Crippen molar-refractivity contribution in [2.24, 2.45) is 0 Å².